The molecule has 0 spiro atoms. The van der Waals surface area contributed by atoms with E-state index in [2.05, 4.69) is 26.3 Å². The molecule has 20 heavy (non-hydrogen) atoms. The summed E-state index contributed by atoms with van der Waals surface area (Å²) in [7, 11) is 0. The predicted octanol–water partition coefficient (Wildman–Crippen LogP) is 1.20. The molecule has 2 heterocycles. The third-order valence-corrected chi connectivity index (χ3v) is 3.20. The van der Waals surface area contributed by atoms with E-state index in [0.29, 0.717) is 12.2 Å². The van der Waals surface area contributed by atoms with E-state index in [0.717, 1.165) is 11.9 Å². The average Bonchev–Trinajstić information content (AvgIpc) is 2.85. The zero-order valence-electron chi connectivity index (χ0n) is 10.7. The molecule has 0 amide bonds. The van der Waals surface area contributed by atoms with Gasteiger partial charge in [0.15, 0.2) is 0 Å². The van der Waals surface area contributed by atoms with Gasteiger partial charge in [-0.2, -0.15) is 0 Å². The van der Waals surface area contributed by atoms with Gasteiger partial charge < -0.3 is 15.3 Å². The van der Waals surface area contributed by atoms with E-state index in [1.807, 2.05) is 24.4 Å². The molecule has 1 aromatic carbocycles. The Bertz CT molecular complexity index is 844. The van der Waals surface area contributed by atoms with Crippen molar-refractivity contribution in [3.8, 4) is 0 Å². The summed E-state index contributed by atoms with van der Waals surface area (Å²) in [6, 6.07) is 8.08. The van der Waals surface area contributed by atoms with Crippen molar-refractivity contribution in [3.63, 3.8) is 0 Å². The number of nitrogens with one attached hydrogen (secondary N) is 4. The molecule has 4 N–H and O–H groups in total. The summed E-state index contributed by atoms with van der Waals surface area (Å²) in [6.07, 6.45) is 4.14. The van der Waals surface area contributed by atoms with Crippen LogP contribution in [-0.4, -0.2) is 21.5 Å². The van der Waals surface area contributed by atoms with Gasteiger partial charge in [0, 0.05) is 29.8 Å². The first-order valence-electron chi connectivity index (χ1n) is 6.35. The van der Waals surface area contributed by atoms with Crippen LogP contribution in [0.5, 0.6) is 0 Å². The molecule has 0 saturated carbocycles. The van der Waals surface area contributed by atoms with Crippen LogP contribution in [0.2, 0.25) is 0 Å². The molecular formula is C14H14N4O2. The third-order valence-electron chi connectivity index (χ3n) is 3.20. The minimum Gasteiger partial charge on any atom is -0.379 e. The van der Waals surface area contributed by atoms with Crippen LogP contribution < -0.4 is 16.6 Å². The number of H-pyrrole nitrogens is 3. The van der Waals surface area contributed by atoms with Gasteiger partial charge in [-0.25, -0.2) is 4.79 Å². The molecule has 0 radical (unpaired) electrons. The van der Waals surface area contributed by atoms with E-state index in [9.17, 15) is 9.59 Å². The highest BCUT2D eigenvalue weighted by molar-refractivity contribution is 5.83. The maximum Gasteiger partial charge on any atom is 0.325 e. The molecule has 0 fully saturated rings. The van der Waals surface area contributed by atoms with Gasteiger partial charge in [-0.1, -0.05) is 18.2 Å². The smallest absolute Gasteiger partial charge is 0.325 e. The van der Waals surface area contributed by atoms with Gasteiger partial charge in [-0.15, -0.1) is 0 Å². The Morgan fingerprint density at radius 2 is 1.90 bits per heavy atom. The highest BCUT2D eigenvalue weighted by Gasteiger charge is 2.03. The number of hydrogen-bond acceptors (Lipinski definition) is 3. The van der Waals surface area contributed by atoms with Crippen molar-refractivity contribution < 1.29 is 0 Å². The quantitative estimate of drug-likeness (QED) is 0.574. The van der Waals surface area contributed by atoms with Crippen LogP contribution in [0.15, 0.2) is 46.2 Å². The molecular weight excluding hydrogens is 256 g/mol. The molecule has 2 aromatic heterocycles. The fourth-order valence-electron chi connectivity index (χ4n) is 2.21. The molecule has 3 aromatic rings. The summed E-state index contributed by atoms with van der Waals surface area (Å²) in [5, 5.41) is 4.20. The molecule has 0 aliphatic carbocycles. The Kier molecular flexibility index (Phi) is 3.12. The first kappa shape index (κ1) is 12.3. The summed E-state index contributed by atoms with van der Waals surface area (Å²) in [6.45, 7) is 0.608. The SMILES string of the molecule is O=c1[nH]cc(NCCc2c[nH]c3ccccc23)c(=O)[nH]1. The first-order chi connectivity index (χ1) is 9.74. The molecule has 0 saturated heterocycles. The third kappa shape index (κ3) is 2.35. The van der Waals surface area contributed by atoms with Gasteiger partial charge in [-0.05, 0) is 18.1 Å². The van der Waals surface area contributed by atoms with Crippen LogP contribution >= 0.6 is 0 Å². The Balaban J connectivity index is 1.71. The first-order valence-corrected chi connectivity index (χ1v) is 6.35. The number of aromatic nitrogens is 3. The second-order valence-electron chi connectivity index (χ2n) is 4.52. The molecule has 0 aliphatic heterocycles. The largest absolute Gasteiger partial charge is 0.379 e. The summed E-state index contributed by atoms with van der Waals surface area (Å²) in [5.74, 6) is 0. The fraction of sp³-hybridized carbons (Fsp3) is 0.143. The molecule has 0 aliphatic rings. The number of hydrogen-bond donors (Lipinski definition) is 4. The summed E-state index contributed by atoms with van der Waals surface area (Å²) < 4.78 is 0. The topological polar surface area (TPSA) is 93.5 Å². The zero-order chi connectivity index (χ0) is 13.9. The van der Waals surface area contributed by atoms with Crippen LogP contribution in [0.3, 0.4) is 0 Å². The Hall–Kier alpha value is -2.76. The lowest BCUT2D eigenvalue weighted by atomic mass is 10.1. The maximum atomic E-state index is 11.5. The average molecular weight is 270 g/mol. The summed E-state index contributed by atoms with van der Waals surface area (Å²) in [5.41, 5.74) is 1.74. The number of benzene rings is 1. The Labute approximate surface area is 113 Å². The highest BCUT2D eigenvalue weighted by Crippen LogP contribution is 2.17. The minimum atomic E-state index is -0.503. The molecule has 0 bridgehead atoms. The summed E-state index contributed by atoms with van der Waals surface area (Å²) in [4.78, 5) is 30.2. The second-order valence-corrected chi connectivity index (χ2v) is 4.52. The van der Waals surface area contributed by atoms with Crippen molar-refractivity contribution >= 4 is 16.6 Å². The monoisotopic (exact) mass is 270 g/mol. The van der Waals surface area contributed by atoms with Crippen molar-refractivity contribution in [2.24, 2.45) is 0 Å². The van der Waals surface area contributed by atoms with E-state index in [-0.39, 0.29) is 0 Å². The van der Waals surface area contributed by atoms with Crippen LogP contribution in [0.1, 0.15) is 5.56 Å². The van der Waals surface area contributed by atoms with E-state index < -0.39 is 11.2 Å². The zero-order valence-corrected chi connectivity index (χ0v) is 10.7. The fourth-order valence-corrected chi connectivity index (χ4v) is 2.21. The Morgan fingerprint density at radius 3 is 2.75 bits per heavy atom. The molecule has 0 atom stereocenters. The number of aromatic amines is 3. The number of rotatable bonds is 4. The molecule has 3 rings (SSSR count). The molecule has 102 valence electrons. The normalized spacial score (nSPS) is 10.8. The van der Waals surface area contributed by atoms with Gasteiger partial charge in [0.2, 0.25) is 0 Å². The van der Waals surface area contributed by atoms with E-state index in [1.54, 1.807) is 0 Å². The van der Waals surface area contributed by atoms with Crippen molar-refractivity contribution in [2.75, 3.05) is 11.9 Å². The molecule has 6 nitrogen and oxygen atoms in total. The Morgan fingerprint density at radius 1 is 1.05 bits per heavy atom. The second kappa shape index (κ2) is 5.08. The van der Waals surface area contributed by atoms with Gasteiger partial charge >= 0.3 is 5.69 Å². The van der Waals surface area contributed by atoms with E-state index >= 15 is 0 Å². The van der Waals surface area contributed by atoms with Gasteiger partial charge in [0.25, 0.3) is 5.56 Å². The van der Waals surface area contributed by atoms with Crippen molar-refractivity contribution in [3.05, 3.63) is 63.1 Å². The lowest BCUT2D eigenvalue weighted by Gasteiger charge is -2.04. The van der Waals surface area contributed by atoms with Gasteiger partial charge in [0.05, 0.1) is 0 Å². The van der Waals surface area contributed by atoms with E-state index in [4.69, 9.17) is 0 Å². The van der Waals surface area contributed by atoms with Crippen LogP contribution in [0.4, 0.5) is 5.69 Å². The van der Waals surface area contributed by atoms with Gasteiger partial charge in [0.1, 0.15) is 5.69 Å². The van der Waals surface area contributed by atoms with Crippen molar-refractivity contribution in [1.29, 1.82) is 0 Å². The summed E-state index contributed by atoms with van der Waals surface area (Å²) >= 11 is 0. The minimum absolute atomic E-state index is 0.365. The predicted molar refractivity (Wildman–Crippen MR) is 78.2 cm³/mol. The van der Waals surface area contributed by atoms with Crippen LogP contribution in [0.25, 0.3) is 10.9 Å². The standard InChI is InChI=1S/C14H14N4O2/c19-13-12(8-17-14(20)18-13)15-6-5-9-7-16-11-4-2-1-3-10(9)11/h1-4,7-8,15-16H,5-6H2,(H2,17,18,19,20). The van der Waals surface area contributed by atoms with Crippen LogP contribution in [-0.2, 0) is 6.42 Å². The molecule has 0 unspecified atom stereocenters. The van der Waals surface area contributed by atoms with Gasteiger partial charge in [-0.3, -0.25) is 9.78 Å². The lowest BCUT2D eigenvalue weighted by Crippen LogP contribution is -2.24. The number of fused-ring (bicyclic) bond motifs is 1. The van der Waals surface area contributed by atoms with Crippen molar-refractivity contribution in [2.45, 2.75) is 6.42 Å². The lowest BCUT2D eigenvalue weighted by molar-refractivity contribution is 0.987. The maximum absolute atomic E-state index is 11.5. The number of anilines is 1. The van der Waals surface area contributed by atoms with Crippen LogP contribution in [0, 0.1) is 0 Å². The highest BCUT2D eigenvalue weighted by atomic mass is 16.2. The van der Waals surface area contributed by atoms with E-state index in [1.165, 1.54) is 17.1 Å². The van der Waals surface area contributed by atoms with Crippen molar-refractivity contribution in [1.82, 2.24) is 15.0 Å². The number of para-hydroxylation sites is 1. The molecule has 6 heteroatoms.